The van der Waals surface area contributed by atoms with Crippen molar-refractivity contribution in [2.75, 3.05) is 12.4 Å². The zero-order valence-electron chi connectivity index (χ0n) is 11.0. The van der Waals surface area contributed by atoms with Gasteiger partial charge in [-0.2, -0.15) is 0 Å². The number of aromatic nitrogens is 2. The van der Waals surface area contributed by atoms with E-state index in [1.165, 1.54) is 16.7 Å². The number of nitrogens with zero attached hydrogens (tertiary/aromatic N) is 2. The fraction of sp³-hybridized carbons (Fsp3) is 0.286. The Morgan fingerprint density at radius 1 is 1.11 bits per heavy atom. The molecule has 0 aliphatic rings. The van der Waals surface area contributed by atoms with Crippen molar-refractivity contribution in [3.05, 3.63) is 38.6 Å². The lowest BCUT2D eigenvalue weighted by Gasteiger charge is -2.11. The maximum atomic E-state index is 4.58. The molecule has 2 rings (SSSR count). The average Bonchev–Trinajstić information content (AvgIpc) is 2.30. The first-order valence-electron chi connectivity index (χ1n) is 5.81. The third kappa shape index (κ3) is 2.48. The lowest BCUT2D eigenvalue weighted by atomic mass is 9.99. The molecule has 0 amide bonds. The number of nitrogens with one attached hydrogen (secondary N) is 1. The van der Waals surface area contributed by atoms with Gasteiger partial charge in [0.05, 0.1) is 3.57 Å². The first-order chi connectivity index (χ1) is 8.52. The second-order valence-electron chi connectivity index (χ2n) is 4.41. The van der Waals surface area contributed by atoms with E-state index in [2.05, 4.69) is 70.8 Å². The Morgan fingerprint density at radius 3 is 2.28 bits per heavy atom. The number of anilines is 1. The van der Waals surface area contributed by atoms with Crippen molar-refractivity contribution in [2.45, 2.75) is 20.8 Å². The van der Waals surface area contributed by atoms with Crippen LogP contribution in [0.4, 0.5) is 5.82 Å². The van der Waals surface area contributed by atoms with Gasteiger partial charge in [-0.05, 0) is 54.5 Å². The predicted molar refractivity (Wildman–Crippen MR) is 83.9 cm³/mol. The number of halogens is 1. The van der Waals surface area contributed by atoms with Crippen molar-refractivity contribution >= 4 is 28.4 Å². The minimum Gasteiger partial charge on any atom is -0.372 e. The Kier molecular flexibility index (Phi) is 3.85. The van der Waals surface area contributed by atoms with Gasteiger partial charge in [0.25, 0.3) is 0 Å². The van der Waals surface area contributed by atoms with E-state index < -0.39 is 0 Å². The fourth-order valence-electron chi connectivity index (χ4n) is 2.20. The molecule has 18 heavy (non-hydrogen) atoms. The molecule has 3 nitrogen and oxygen atoms in total. The van der Waals surface area contributed by atoms with Gasteiger partial charge in [-0.3, -0.25) is 0 Å². The van der Waals surface area contributed by atoms with Crippen LogP contribution in [-0.2, 0) is 0 Å². The predicted octanol–water partition coefficient (Wildman–Crippen LogP) is 3.72. The molecule has 0 fully saturated rings. The van der Waals surface area contributed by atoms with Crippen LogP contribution in [-0.4, -0.2) is 17.0 Å². The van der Waals surface area contributed by atoms with Crippen LogP contribution in [0.15, 0.2) is 18.3 Å². The van der Waals surface area contributed by atoms with Crippen LogP contribution in [0.25, 0.3) is 11.4 Å². The van der Waals surface area contributed by atoms with Crippen molar-refractivity contribution in [2.24, 2.45) is 0 Å². The van der Waals surface area contributed by atoms with Crippen LogP contribution in [0, 0.1) is 24.3 Å². The first-order valence-corrected chi connectivity index (χ1v) is 6.89. The molecular weight excluding hydrogens is 337 g/mol. The minimum atomic E-state index is 0.787. The lowest BCUT2D eigenvalue weighted by molar-refractivity contribution is 1.13. The smallest absolute Gasteiger partial charge is 0.162 e. The molecule has 0 saturated carbocycles. The van der Waals surface area contributed by atoms with Crippen molar-refractivity contribution in [1.82, 2.24) is 9.97 Å². The maximum Gasteiger partial charge on any atom is 0.162 e. The highest BCUT2D eigenvalue weighted by atomic mass is 127. The third-order valence-electron chi connectivity index (χ3n) is 2.88. The molecule has 2 aromatic rings. The van der Waals surface area contributed by atoms with Crippen molar-refractivity contribution < 1.29 is 0 Å². The van der Waals surface area contributed by atoms with Gasteiger partial charge in [-0.15, -0.1) is 0 Å². The average molecular weight is 353 g/mol. The van der Waals surface area contributed by atoms with E-state index in [0.717, 1.165) is 20.8 Å². The number of hydrogen-bond acceptors (Lipinski definition) is 3. The zero-order valence-corrected chi connectivity index (χ0v) is 13.2. The van der Waals surface area contributed by atoms with Gasteiger partial charge in [-0.1, -0.05) is 17.7 Å². The molecule has 0 unspecified atom stereocenters. The van der Waals surface area contributed by atoms with Gasteiger partial charge >= 0.3 is 0 Å². The first kappa shape index (κ1) is 13.3. The standard InChI is InChI=1S/C14H16IN3/c1-8-5-9(2)12(10(3)6-8)14-17-7-11(15)13(16-4)18-14/h5-7H,1-4H3,(H,16,17,18). The van der Waals surface area contributed by atoms with Crippen LogP contribution in [0.2, 0.25) is 0 Å². The van der Waals surface area contributed by atoms with Crippen LogP contribution < -0.4 is 5.32 Å². The molecular formula is C14H16IN3. The summed E-state index contributed by atoms with van der Waals surface area (Å²) < 4.78 is 1.03. The van der Waals surface area contributed by atoms with E-state index in [1.54, 1.807) is 0 Å². The van der Waals surface area contributed by atoms with Crippen molar-refractivity contribution in [1.29, 1.82) is 0 Å². The summed E-state index contributed by atoms with van der Waals surface area (Å²) >= 11 is 2.23. The second-order valence-corrected chi connectivity index (χ2v) is 5.58. The van der Waals surface area contributed by atoms with Crippen LogP contribution in [0.1, 0.15) is 16.7 Å². The van der Waals surface area contributed by atoms with Gasteiger partial charge in [0.15, 0.2) is 5.82 Å². The molecule has 4 heteroatoms. The lowest BCUT2D eigenvalue weighted by Crippen LogP contribution is -2.01. The van der Waals surface area contributed by atoms with E-state index >= 15 is 0 Å². The summed E-state index contributed by atoms with van der Waals surface area (Å²) in [5.41, 5.74) is 4.84. The van der Waals surface area contributed by atoms with Crippen molar-refractivity contribution in [3.8, 4) is 11.4 Å². The molecule has 0 aliphatic heterocycles. The SMILES string of the molecule is CNc1nc(-c2c(C)cc(C)cc2C)ncc1I. The maximum absolute atomic E-state index is 4.58. The Labute approximate surface area is 121 Å². The largest absolute Gasteiger partial charge is 0.372 e. The molecule has 0 atom stereocenters. The van der Waals surface area contributed by atoms with Crippen LogP contribution >= 0.6 is 22.6 Å². The van der Waals surface area contributed by atoms with Crippen molar-refractivity contribution in [3.63, 3.8) is 0 Å². The highest BCUT2D eigenvalue weighted by Gasteiger charge is 2.11. The summed E-state index contributed by atoms with van der Waals surface area (Å²) in [4.78, 5) is 9.03. The molecule has 1 heterocycles. The van der Waals surface area contributed by atoms with Gasteiger partial charge in [0.1, 0.15) is 5.82 Å². The van der Waals surface area contributed by atoms with Gasteiger partial charge in [-0.25, -0.2) is 9.97 Å². The Bertz CT molecular complexity index is 571. The number of aryl methyl sites for hydroxylation is 3. The summed E-state index contributed by atoms with van der Waals surface area (Å²) in [6.45, 7) is 6.32. The quantitative estimate of drug-likeness (QED) is 0.837. The number of benzene rings is 1. The Morgan fingerprint density at radius 2 is 1.72 bits per heavy atom. The fourth-order valence-corrected chi connectivity index (χ4v) is 2.73. The summed E-state index contributed by atoms with van der Waals surface area (Å²) in [5, 5.41) is 3.10. The van der Waals surface area contributed by atoms with E-state index in [9.17, 15) is 0 Å². The van der Waals surface area contributed by atoms with Gasteiger partial charge in [0.2, 0.25) is 0 Å². The Balaban J connectivity index is 2.62. The molecule has 1 aromatic heterocycles. The molecule has 1 N–H and O–H groups in total. The molecule has 0 bridgehead atoms. The number of hydrogen-bond donors (Lipinski definition) is 1. The summed E-state index contributed by atoms with van der Waals surface area (Å²) in [6.07, 6.45) is 1.85. The molecule has 0 radical (unpaired) electrons. The van der Waals surface area contributed by atoms with Gasteiger partial charge < -0.3 is 5.32 Å². The Hall–Kier alpha value is -1.17. The highest BCUT2D eigenvalue weighted by molar-refractivity contribution is 14.1. The summed E-state index contributed by atoms with van der Waals surface area (Å²) in [7, 11) is 1.88. The van der Waals surface area contributed by atoms with E-state index in [1.807, 2.05) is 13.2 Å². The minimum absolute atomic E-state index is 0.787. The van der Waals surface area contributed by atoms with E-state index in [4.69, 9.17) is 0 Å². The normalized spacial score (nSPS) is 10.5. The van der Waals surface area contributed by atoms with Crippen LogP contribution in [0.3, 0.4) is 0 Å². The topological polar surface area (TPSA) is 37.8 Å². The molecule has 0 spiro atoms. The van der Waals surface area contributed by atoms with E-state index in [-0.39, 0.29) is 0 Å². The highest BCUT2D eigenvalue weighted by Crippen LogP contribution is 2.27. The second kappa shape index (κ2) is 5.22. The van der Waals surface area contributed by atoms with Crippen LogP contribution in [0.5, 0.6) is 0 Å². The van der Waals surface area contributed by atoms with Gasteiger partial charge in [0, 0.05) is 18.8 Å². The number of rotatable bonds is 2. The van der Waals surface area contributed by atoms with E-state index in [0.29, 0.717) is 0 Å². The summed E-state index contributed by atoms with van der Waals surface area (Å²) in [6, 6.07) is 4.34. The third-order valence-corrected chi connectivity index (χ3v) is 3.67. The molecule has 0 aliphatic carbocycles. The molecule has 0 saturated heterocycles. The molecule has 94 valence electrons. The molecule has 1 aromatic carbocycles. The summed E-state index contributed by atoms with van der Waals surface area (Å²) in [5.74, 6) is 1.66. The zero-order chi connectivity index (χ0) is 13.3. The monoisotopic (exact) mass is 353 g/mol.